The molecule has 2 aliphatic rings. The number of hydrazine groups is 2. The van der Waals surface area contributed by atoms with E-state index in [1.54, 1.807) is 24.3 Å². The summed E-state index contributed by atoms with van der Waals surface area (Å²) in [6.45, 7) is 1.40. The summed E-state index contributed by atoms with van der Waals surface area (Å²) in [5.74, 6) is -0.935. The molecule has 0 bridgehead atoms. The maximum Gasteiger partial charge on any atom is 0.358 e. The van der Waals surface area contributed by atoms with Crippen LogP contribution in [0, 0.1) is 0 Å². The molecule has 2 atom stereocenters. The van der Waals surface area contributed by atoms with Gasteiger partial charge in [-0.1, -0.05) is 12.1 Å². The van der Waals surface area contributed by atoms with Crippen LogP contribution < -0.4 is 20.8 Å². The summed E-state index contributed by atoms with van der Waals surface area (Å²) in [5, 5.41) is 8.21. The minimum atomic E-state index is -1.10. The molecule has 1 aromatic rings. The number of aldehydes is 1. The van der Waals surface area contributed by atoms with Crippen molar-refractivity contribution in [2.45, 2.75) is 44.7 Å². The molecule has 2 fully saturated rings. The van der Waals surface area contributed by atoms with Crippen molar-refractivity contribution >= 4 is 41.6 Å². The normalized spacial score (nSPS) is 18.7. The van der Waals surface area contributed by atoms with Gasteiger partial charge in [-0.25, -0.2) is 30.0 Å². The Morgan fingerprint density at radius 3 is 2.63 bits per heavy atom. The molecule has 13 nitrogen and oxygen atoms in total. The average molecular weight is 489 g/mol. The Morgan fingerprint density at radius 2 is 1.94 bits per heavy atom. The fourth-order valence-corrected chi connectivity index (χ4v) is 3.96. The number of para-hydroxylation sites is 2. The Hall–Kier alpha value is -4.16. The van der Waals surface area contributed by atoms with Crippen molar-refractivity contribution in [1.82, 2.24) is 25.8 Å². The lowest BCUT2D eigenvalue weighted by Gasteiger charge is -2.42. The van der Waals surface area contributed by atoms with Gasteiger partial charge in [-0.15, -0.1) is 0 Å². The molecule has 2 aliphatic heterocycles. The number of anilines is 1. The lowest BCUT2D eigenvalue weighted by Crippen LogP contribution is -2.65. The molecule has 0 radical (unpaired) electrons. The minimum Gasteiger partial charge on any atom is -0.495 e. The molecule has 2 heterocycles. The van der Waals surface area contributed by atoms with E-state index in [9.17, 15) is 28.8 Å². The van der Waals surface area contributed by atoms with Crippen molar-refractivity contribution in [1.29, 1.82) is 0 Å². The van der Waals surface area contributed by atoms with Crippen LogP contribution >= 0.6 is 0 Å². The van der Waals surface area contributed by atoms with Crippen LogP contribution in [0.1, 0.15) is 32.6 Å². The molecule has 3 N–H and O–H groups in total. The van der Waals surface area contributed by atoms with E-state index in [0.717, 1.165) is 10.0 Å². The maximum absolute atomic E-state index is 13.4. The predicted octanol–water partition coefficient (Wildman–Crippen LogP) is 0.428. The Balaban J connectivity index is 1.77. The van der Waals surface area contributed by atoms with E-state index >= 15 is 0 Å². The third kappa shape index (κ3) is 6.05. The lowest BCUT2D eigenvalue weighted by molar-refractivity contribution is -0.155. The molecule has 35 heavy (non-hydrogen) atoms. The number of carbonyl (C=O) groups is 6. The van der Waals surface area contributed by atoms with Gasteiger partial charge in [-0.3, -0.25) is 14.4 Å². The van der Waals surface area contributed by atoms with Crippen LogP contribution in [0.15, 0.2) is 24.3 Å². The molecule has 2 saturated heterocycles. The van der Waals surface area contributed by atoms with Crippen molar-refractivity contribution in [2.24, 2.45) is 0 Å². The molecular formula is C22H28N6O7. The second-order valence-corrected chi connectivity index (χ2v) is 8.13. The number of amides is 6. The molecule has 1 aromatic carbocycles. The van der Waals surface area contributed by atoms with Crippen molar-refractivity contribution in [2.75, 3.05) is 25.5 Å². The molecule has 6 amide bonds. The van der Waals surface area contributed by atoms with E-state index in [2.05, 4.69) is 16.1 Å². The number of benzene rings is 1. The Labute approximate surface area is 201 Å². The van der Waals surface area contributed by atoms with E-state index in [1.807, 2.05) is 0 Å². The monoisotopic (exact) mass is 488 g/mol. The minimum absolute atomic E-state index is 0.0766. The number of carbonyl (C=O) groups excluding carboxylic acids is 6. The average Bonchev–Trinajstić information content (AvgIpc) is 2.95. The first-order valence-electron chi connectivity index (χ1n) is 11.1. The number of hydrogen-bond donors (Lipinski definition) is 3. The summed E-state index contributed by atoms with van der Waals surface area (Å²) < 4.78 is 5.19. The first-order valence-corrected chi connectivity index (χ1v) is 11.1. The summed E-state index contributed by atoms with van der Waals surface area (Å²) in [4.78, 5) is 74.3. The van der Waals surface area contributed by atoms with Gasteiger partial charge in [0.2, 0.25) is 11.8 Å². The number of Topliss-reactive ketones (excluding diaryl/α,β-unsaturated/α-hetero) is 1. The summed E-state index contributed by atoms with van der Waals surface area (Å²) in [5.41, 5.74) is 2.79. The Morgan fingerprint density at radius 1 is 1.20 bits per heavy atom. The van der Waals surface area contributed by atoms with Crippen molar-refractivity contribution in [3.05, 3.63) is 24.3 Å². The standard InChI is InChI=1S/C22H28N6O7/c1-14(30)12-15(13-29)23-20(32)17-7-5-10-27-19(31)9-11-26(22(34)28(17)27)25-21(33)24-16-6-3-4-8-18(16)35-2/h3-4,6,8,13,15,17H,5,7,9-12H2,1-2H3,(H,23,32)(H2,24,25,33)/t15-,17-/m0/s1. The smallest absolute Gasteiger partial charge is 0.358 e. The Kier molecular flexibility index (Phi) is 8.23. The third-order valence-corrected chi connectivity index (χ3v) is 5.56. The predicted molar refractivity (Wildman–Crippen MR) is 122 cm³/mol. The van der Waals surface area contributed by atoms with Crippen LogP contribution in [0.2, 0.25) is 0 Å². The zero-order valence-corrected chi connectivity index (χ0v) is 19.5. The van der Waals surface area contributed by atoms with E-state index in [1.165, 1.54) is 19.0 Å². The molecule has 3 rings (SSSR count). The van der Waals surface area contributed by atoms with Gasteiger partial charge in [0.15, 0.2) is 0 Å². The van der Waals surface area contributed by atoms with E-state index < -0.39 is 30.1 Å². The van der Waals surface area contributed by atoms with Gasteiger partial charge in [0, 0.05) is 19.4 Å². The highest BCUT2D eigenvalue weighted by Gasteiger charge is 2.44. The quantitative estimate of drug-likeness (QED) is 0.448. The molecule has 0 unspecified atom stereocenters. The number of ketones is 1. The zero-order valence-electron chi connectivity index (χ0n) is 19.5. The van der Waals surface area contributed by atoms with Crippen LogP contribution in [-0.4, -0.2) is 83.3 Å². The molecule has 188 valence electrons. The molecule has 0 aromatic heterocycles. The number of hydrogen-bond acceptors (Lipinski definition) is 7. The fourth-order valence-electron chi connectivity index (χ4n) is 3.96. The van der Waals surface area contributed by atoms with Gasteiger partial charge in [-0.2, -0.15) is 0 Å². The van der Waals surface area contributed by atoms with Crippen LogP contribution in [0.25, 0.3) is 0 Å². The third-order valence-electron chi connectivity index (χ3n) is 5.56. The maximum atomic E-state index is 13.4. The van der Waals surface area contributed by atoms with E-state index in [4.69, 9.17) is 4.74 Å². The number of rotatable bonds is 8. The van der Waals surface area contributed by atoms with E-state index in [-0.39, 0.29) is 44.0 Å². The zero-order chi connectivity index (χ0) is 25.5. The largest absolute Gasteiger partial charge is 0.495 e. The number of methoxy groups -OCH3 is 1. The van der Waals surface area contributed by atoms with Gasteiger partial charge in [0.25, 0.3) is 0 Å². The van der Waals surface area contributed by atoms with Crippen molar-refractivity contribution in [3.63, 3.8) is 0 Å². The summed E-state index contributed by atoms with van der Waals surface area (Å²) in [7, 11) is 1.45. The molecule has 0 aliphatic carbocycles. The second kappa shape index (κ2) is 11.3. The molecular weight excluding hydrogens is 460 g/mol. The lowest BCUT2D eigenvalue weighted by atomic mass is 10.1. The van der Waals surface area contributed by atoms with Crippen molar-refractivity contribution < 1.29 is 33.5 Å². The SMILES string of the molecule is COc1ccccc1NC(=O)NN1CCC(=O)N2CCC[C@@H](C(=O)N[C@H](C=O)CC(C)=O)N2C1=O. The first kappa shape index (κ1) is 25.5. The summed E-state index contributed by atoms with van der Waals surface area (Å²) >= 11 is 0. The van der Waals surface area contributed by atoms with Crippen molar-refractivity contribution in [3.8, 4) is 5.75 Å². The highest BCUT2D eigenvalue weighted by Crippen LogP contribution is 2.25. The number of ether oxygens (including phenoxy) is 1. The van der Waals surface area contributed by atoms with E-state index in [0.29, 0.717) is 24.1 Å². The first-order chi connectivity index (χ1) is 16.7. The topological polar surface area (TPSA) is 157 Å². The van der Waals surface area contributed by atoms with Gasteiger partial charge >= 0.3 is 12.1 Å². The van der Waals surface area contributed by atoms with Gasteiger partial charge in [-0.05, 0) is 31.9 Å². The van der Waals surface area contributed by atoms with Crippen LogP contribution in [0.4, 0.5) is 15.3 Å². The van der Waals surface area contributed by atoms with Crippen LogP contribution in [0.5, 0.6) is 5.75 Å². The number of fused-ring (bicyclic) bond motifs is 1. The molecule has 0 saturated carbocycles. The molecule has 0 spiro atoms. The molecule has 13 heteroatoms. The number of urea groups is 2. The highest BCUT2D eigenvalue weighted by atomic mass is 16.5. The van der Waals surface area contributed by atoms with Gasteiger partial charge in [0.1, 0.15) is 23.9 Å². The number of nitrogens with zero attached hydrogens (tertiary/aromatic N) is 3. The van der Waals surface area contributed by atoms with Gasteiger partial charge < -0.3 is 20.2 Å². The summed E-state index contributed by atoms with van der Waals surface area (Å²) in [6.07, 6.45) is 0.871. The van der Waals surface area contributed by atoms with Crippen LogP contribution in [-0.2, 0) is 19.2 Å². The van der Waals surface area contributed by atoms with Gasteiger partial charge in [0.05, 0.1) is 25.4 Å². The highest BCUT2D eigenvalue weighted by molar-refractivity contribution is 5.95. The fraction of sp³-hybridized carbons (Fsp3) is 0.455. The number of nitrogens with one attached hydrogen (secondary N) is 3. The Bertz CT molecular complexity index is 1020. The summed E-state index contributed by atoms with van der Waals surface area (Å²) in [6, 6.07) is 3.02. The second-order valence-electron chi connectivity index (χ2n) is 8.13. The van der Waals surface area contributed by atoms with Crippen LogP contribution in [0.3, 0.4) is 0 Å².